The fourth-order valence-electron chi connectivity index (χ4n) is 1.57. The molecule has 1 aromatic carbocycles. The highest BCUT2D eigenvalue weighted by atomic mass is 16.5. The quantitative estimate of drug-likeness (QED) is 0.627. The lowest BCUT2D eigenvalue weighted by atomic mass is 10.1. The van der Waals surface area contributed by atoms with Crippen molar-refractivity contribution in [1.82, 2.24) is 0 Å². The molecule has 2 heteroatoms. The topological polar surface area (TPSA) is 18.5 Å². The van der Waals surface area contributed by atoms with E-state index in [1.165, 1.54) is 12.0 Å². The van der Waals surface area contributed by atoms with Crippen molar-refractivity contribution in [3.63, 3.8) is 0 Å². The molecule has 0 aromatic heterocycles. The van der Waals surface area contributed by atoms with E-state index in [9.17, 15) is 0 Å². The van der Waals surface area contributed by atoms with Crippen molar-refractivity contribution < 1.29 is 9.47 Å². The van der Waals surface area contributed by atoms with E-state index in [-0.39, 0.29) is 0 Å². The summed E-state index contributed by atoms with van der Waals surface area (Å²) in [6.07, 6.45) is 4.57. The highest BCUT2D eigenvalue weighted by molar-refractivity contribution is 5.27. The summed E-state index contributed by atoms with van der Waals surface area (Å²) >= 11 is 0. The third-order valence-corrected chi connectivity index (χ3v) is 2.51. The van der Waals surface area contributed by atoms with Crippen molar-refractivity contribution in [3.8, 4) is 5.75 Å². The van der Waals surface area contributed by atoms with Gasteiger partial charge in [0, 0.05) is 13.2 Å². The second kappa shape index (κ2) is 8.17. The number of unbranched alkanes of at least 4 members (excludes halogenated alkanes) is 1. The maximum absolute atomic E-state index is 5.44. The Morgan fingerprint density at radius 3 is 2.38 bits per heavy atom. The Morgan fingerprint density at radius 2 is 1.75 bits per heavy atom. The van der Waals surface area contributed by atoms with Crippen molar-refractivity contribution >= 4 is 0 Å². The SMILES string of the molecule is CCCOCCCCc1ccc(OC)cc1. The van der Waals surface area contributed by atoms with Crippen LogP contribution in [0.4, 0.5) is 0 Å². The molecule has 0 fully saturated rings. The average molecular weight is 222 g/mol. The lowest BCUT2D eigenvalue weighted by molar-refractivity contribution is 0.131. The summed E-state index contributed by atoms with van der Waals surface area (Å²) in [4.78, 5) is 0. The van der Waals surface area contributed by atoms with E-state index >= 15 is 0 Å². The second-order valence-corrected chi connectivity index (χ2v) is 3.92. The maximum atomic E-state index is 5.44. The minimum Gasteiger partial charge on any atom is -0.497 e. The number of hydrogen-bond donors (Lipinski definition) is 0. The van der Waals surface area contributed by atoms with Crippen LogP contribution >= 0.6 is 0 Å². The first kappa shape index (κ1) is 13.0. The highest BCUT2D eigenvalue weighted by Crippen LogP contribution is 2.13. The first-order chi connectivity index (χ1) is 7.86. The Kier molecular flexibility index (Phi) is 6.66. The molecule has 0 aliphatic carbocycles. The van der Waals surface area contributed by atoms with E-state index in [1.807, 2.05) is 12.1 Å². The van der Waals surface area contributed by atoms with Crippen LogP contribution in [0.15, 0.2) is 24.3 Å². The summed E-state index contributed by atoms with van der Waals surface area (Å²) in [7, 11) is 1.69. The van der Waals surface area contributed by atoms with Crippen LogP contribution in [0, 0.1) is 0 Å². The molecule has 0 aliphatic heterocycles. The summed E-state index contributed by atoms with van der Waals surface area (Å²) in [6.45, 7) is 3.92. The van der Waals surface area contributed by atoms with Gasteiger partial charge in [-0.25, -0.2) is 0 Å². The third kappa shape index (κ3) is 5.17. The van der Waals surface area contributed by atoms with Crippen molar-refractivity contribution in [2.75, 3.05) is 20.3 Å². The monoisotopic (exact) mass is 222 g/mol. The zero-order valence-corrected chi connectivity index (χ0v) is 10.4. The molecule has 0 aliphatic rings. The Morgan fingerprint density at radius 1 is 1.00 bits per heavy atom. The van der Waals surface area contributed by atoms with Gasteiger partial charge in [0.05, 0.1) is 7.11 Å². The molecule has 0 spiro atoms. The first-order valence-corrected chi connectivity index (χ1v) is 6.07. The van der Waals surface area contributed by atoms with Crippen LogP contribution in [0.5, 0.6) is 5.75 Å². The molecular weight excluding hydrogens is 200 g/mol. The van der Waals surface area contributed by atoms with Crippen LogP contribution in [0.2, 0.25) is 0 Å². The fourth-order valence-corrected chi connectivity index (χ4v) is 1.57. The van der Waals surface area contributed by atoms with Crippen LogP contribution in [0.1, 0.15) is 31.7 Å². The van der Waals surface area contributed by atoms with Gasteiger partial charge in [-0.15, -0.1) is 0 Å². The van der Waals surface area contributed by atoms with Gasteiger partial charge in [-0.2, -0.15) is 0 Å². The molecule has 1 aromatic rings. The number of aryl methyl sites for hydroxylation is 1. The maximum Gasteiger partial charge on any atom is 0.118 e. The molecular formula is C14H22O2. The van der Waals surface area contributed by atoms with Crippen molar-refractivity contribution in [1.29, 1.82) is 0 Å². The minimum absolute atomic E-state index is 0.891. The van der Waals surface area contributed by atoms with Crippen LogP contribution in [-0.4, -0.2) is 20.3 Å². The van der Waals surface area contributed by atoms with E-state index in [1.54, 1.807) is 7.11 Å². The van der Waals surface area contributed by atoms with Gasteiger partial charge in [0.25, 0.3) is 0 Å². The number of benzene rings is 1. The lowest BCUT2D eigenvalue weighted by Gasteiger charge is -2.04. The van der Waals surface area contributed by atoms with E-state index in [0.29, 0.717) is 0 Å². The molecule has 2 nitrogen and oxygen atoms in total. The zero-order chi connectivity index (χ0) is 11.6. The predicted molar refractivity (Wildman–Crippen MR) is 67.0 cm³/mol. The molecule has 0 atom stereocenters. The van der Waals surface area contributed by atoms with Gasteiger partial charge in [-0.1, -0.05) is 19.1 Å². The standard InChI is InChI=1S/C14H22O2/c1-3-11-16-12-5-4-6-13-7-9-14(15-2)10-8-13/h7-10H,3-6,11-12H2,1-2H3. The zero-order valence-electron chi connectivity index (χ0n) is 10.4. The summed E-state index contributed by atoms with van der Waals surface area (Å²) in [6, 6.07) is 8.29. The molecule has 0 saturated carbocycles. The molecule has 0 saturated heterocycles. The van der Waals surface area contributed by atoms with Gasteiger partial charge in [-0.05, 0) is 43.4 Å². The van der Waals surface area contributed by atoms with Crippen LogP contribution in [0.3, 0.4) is 0 Å². The molecule has 0 heterocycles. The van der Waals surface area contributed by atoms with E-state index in [0.717, 1.165) is 38.2 Å². The third-order valence-electron chi connectivity index (χ3n) is 2.51. The Labute approximate surface area is 98.6 Å². The van der Waals surface area contributed by atoms with E-state index < -0.39 is 0 Å². The van der Waals surface area contributed by atoms with Crippen LogP contribution in [-0.2, 0) is 11.2 Å². The fraction of sp³-hybridized carbons (Fsp3) is 0.571. The largest absolute Gasteiger partial charge is 0.497 e. The normalized spacial score (nSPS) is 10.4. The van der Waals surface area contributed by atoms with Gasteiger partial charge in [0.2, 0.25) is 0 Å². The minimum atomic E-state index is 0.891. The molecule has 16 heavy (non-hydrogen) atoms. The van der Waals surface area contributed by atoms with Crippen LogP contribution in [0.25, 0.3) is 0 Å². The molecule has 0 amide bonds. The van der Waals surface area contributed by atoms with E-state index in [4.69, 9.17) is 9.47 Å². The first-order valence-electron chi connectivity index (χ1n) is 6.07. The molecule has 1 rings (SSSR count). The number of hydrogen-bond acceptors (Lipinski definition) is 2. The summed E-state index contributed by atoms with van der Waals surface area (Å²) < 4.78 is 10.6. The summed E-state index contributed by atoms with van der Waals surface area (Å²) in [5.74, 6) is 0.926. The van der Waals surface area contributed by atoms with Gasteiger partial charge < -0.3 is 9.47 Å². The number of methoxy groups -OCH3 is 1. The van der Waals surface area contributed by atoms with Gasteiger partial charge >= 0.3 is 0 Å². The lowest BCUT2D eigenvalue weighted by Crippen LogP contribution is -1.96. The van der Waals surface area contributed by atoms with Gasteiger partial charge in [0.1, 0.15) is 5.75 Å². The molecule has 0 N–H and O–H groups in total. The van der Waals surface area contributed by atoms with Crippen LogP contribution < -0.4 is 4.74 Å². The predicted octanol–water partition coefficient (Wildman–Crippen LogP) is 3.44. The average Bonchev–Trinajstić information content (AvgIpc) is 2.34. The molecule has 0 unspecified atom stereocenters. The molecule has 0 radical (unpaired) electrons. The molecule has 90 valence electrons. The number of rotatable bonds is 8. The number of ether oxygens (including phenoxy) is 2. The van der Waals surface area contributed by atoms with Gasteiger partial charge in [0.15, 0.2) is 0 Å². The van der Waals surface area contributed by atoms with Crippen molar-refractivity contribution in [3.05, 3.63) is 29.8 Å². The van der Waals surface area contributed by atoms with E-state index in [2.05, 4.69) is 19.1 Å². The Bertz CT molecular complexity index is 267. The Hall–Kier alpha value is -1.02. The Balaban J connectivity index is 2.12. The van der Waals surface area contributed by atoms with Crippen molar-refractivity contribution in [2.24, 2.45) is 0 Å². The molecule has 0 bridgehead atoms. The van der Waals surface area contributed by atoms with Crippen molar-refractivity contribution in [2.45, 2.75) is 32.6 Å². The van der Waals surface area contributed by atoms with Gasteiger partial charge in [-0.3, -0.25) is 0 Å². The second-order valence-electron chi connectivity index (χ2n) is 3.92. The summed E-state index contributed by atoms with van der Waals surface area (Å²) in [5, 5.41) is 0. The summed E-state index contributed by atoms with van der Waals surface area (Å²) in [5.41, 5.74) is 1.37. The highest BCUT2D eigenvalue weighted by Gasteiger charge is 1.95. The smallest absolute Gasteiger partial charge is 0.118 e.